The monoisotopic (exact) mass is 366 g/mol. The Kier molecular flexibility index (Phi) is 5.65. The minimum atomic E-state index is 0.679. The van der Waals surface area contributed by atoms with Gasteiger partial charge in [0.15, 0.2) is 0 Å². The van der Waals surface area contributed by atoms with Gasteiger partial charge >= 0.3 is 0 Å². The molecule has 4 rings (SSSR count). The third kappa shape index (κ3) is 4.41. The second kappa shape index (κ2) is 8.31. The van der Waals surface area contributed by atoms with Crippen molar-refractivity contribution < 1.29 is 4.18 Å². The van der Waals surface area contributed by atoms with Crippen molar-refractivity contribution in [2.75, 3.05) is 11.7 Å². The summed E-state index contributed by atoms with van der Waals surface area (Å²) in [7, 11) is 0. The van der Waals surface area contributed by atoms with Crippen LogP contribution in [0.3, 0.4) is 0 Å². The van der Waals surface area contributed by atoms with Crippen LogP contribution in [0.4, 0.5) is 0 Å². The molecule has 0 heterocycles. The van der Waals surface area contributed by atoms with Gasteiger partial charge < -0.3 is 4.18 Å². The number of hydrogen-bond donors (Lipinski definition) is 0. The lowest BCUT2D eigenvalue weighted by molar-refractivity contribution is 0.467. The molecule has 0 atom stereocenters. The lowest BCUT2D eigenvalue weighted by atomic mass is 9.87. The summed E-state index contributed by atoms with van der Waals surface area (Å²) in [5.41, 5.74) is 8.65. The number of benzene rings is 2. The molecule has 0 saturated heterocycles. The molecule has 0 radical (unpaired) electrons. The highest BCUT2D eigenvalue weighted by molar-refractivity contribution is 8.03. The van der Waals surface area contributed by atoms with Gasteiger partial charge in [0.2, 0.25) is 0 Å². The van der Waals surface area contributed by atoms with Crippen LogP contribution >= 0.6 is 23.8 Å². The molecule has 2 aromatic rings. The van der Waals surface area contributed by atoms with Crippen LogP contribution in [-0.4, -0.2) is 11.7 Å². The maximum atomic E-state index is 5.59. The topological polar surface area (TPSA) is 9.23 Å². The highest BCUT2D eigenvalue weighted by Gasteiger charge is 2.12. The first kappa shape index (κ1) is 17.0. The summed E-state index contributed by atoms with van der Waals surface area (Å²) in [5.74, 6) is 1.56. The van der Waals surface area contributed by atoms with E-state index in [1.54, 1.807) is 11.8 Å². The van der Waals surface area contributed by atoms with E-state index in [2.05, 4.69) is 60.0 Å². The van der Waals surface area contributed by atoms with Gasteiger partial charge in [-0.25, -0.2) is 0 Å². The smallest absolute Gasteiger partial charge is 0.111 e. The van der Waals surface area contributed by atoms with Crippen molar-refractivity contribution in [3.63, 3.8) is 0 Å². The zero-order chi connectivity index (χ0) is 16.9. The van der Waals surface area contributed by atoms with Crippen LogP contribution in [0.1, 0.15) is 33.4 Å². The molecule has 0 spiro atoms. The fourth-order valence-corrected chi connectivity index (χ4v) is 4.23. The molecule has 2 aliphatic carbocycles. The summed E-state index contributed by atoms with van der Waals surface area (Å²) < 4.78 is 5.59. The summed E-state index contributed by atoms with van der Waals surface area (Å²) in [6.45, 7) is 0. The minimum absolute atomic E-state index is 0.679. The average Bonchev–Trinajstić information content (AvgIpc) is 2.57. The molecule has 3 heteroatoms. The van der Waals surface area contributed by atoms with Crippen LogP contribution in [0.5, 0.6) is 0 Å². The van der Waals surface area contributed by atoms with Crippen molar-refractivity contribution in [3.8, 4) is 0 Å². The van der Waals surface area contributed by atoms with Crippen LogP contribution in [-0.2, 0) is 29.9 Å². The van der Waals surface area contributed by atoms with Crippen LogP contribution in [0.15, 0.2) is 47.9 Å². The Labute approximate surface area is 158 Å². The first-order valence-electron chi connectivity index (χ1n) is 8.81. The van der Waals surface area contributed by atoms with E-state index >= 15 is 0 Å². The summed E-state index contributed by atoms with van der Waals surface area (Å²) in [4.78, 5) is 0. The molecule has 1 nitrogen and oxygen atoms in total. The Bertz CT molecular complexity index is 740. The predicted octanol–water partition coefficient (Wildman–Crippen LogP) is 5.92. The zero-order valence-electron chi connectivity index (χ0n) is 14.2. The molecule has 0 aromatic heterocycles. The second-order valence-electron chi connectivity index (χ2n) is 6.45. The molecule has 0 amide bonds. The molecule has 0 unspecified atom stereocenters. The molecule has 2 aromatic carbocycles. The molecule has 0 aliphatic heterocycles. The van der Waals surface area contributed by atoms with Gasteiger partial charge in [0.05, 0.1) is 0 Å². The van der Waals surface area contributed by atoms with Crippen molar-refractivity contribution in [1.29, 1.82) is 0 Å². The van der Waals surface area contributed by atoms with Gasteiger partial charge in [-0.05, 0) is 82.6 Å². The van der Waals surface area contributed by atoms with E-state index in [4.69, 9.17) is 4.18 Å². The SMILES string of the molecule is C(=C/c1ccc2c(c1)CC2)/CSOCS/C=C\c1ccc2c(c1)CC2. The molecule has 0 fully saturated rings. The summed E-state index contributed by atoms with van der Waals surface area (Å²) in [6.07, 6.45) is 11.5. The largest absolute Gasteiger partial charge is 0.304 e. The average molecular weight is 367 g/mol. The van der Waals surface area contributed by atoms with Crippen molar-refractivity contribution in [3.05, 3.63) is 81.3 Å². The predicted molar refractivity (Wildman–Crippen MR) is 112 cm³/mol. The van der Waals surface area contributed by atoms with Gasteiger partial charge in [0.1, 0.15) is 5.94 Å². The Morgan fingerprint density at radius 1 is 0.800 bits per heavy atom. The molecule has 2 aliphatic rings. The number of rotatable bonds is 8. The van der Waals surface area contributed by atoms with Crippen molar-refractivity contribution in [1.82, 2.24) is 0 Å². The Morgan fingerprint density at radius 2 is 1.44 bits per heavy atom. The van der Waals surface area contributed by atoms with E-state index in [1.165, 1.54) is 71.1 Å². The van der Waals surface area contributed by atoms with Crippen LogP contribution in [0.25, 0.3) is 12.2 Å². The summed E-state index contributed by atoms with van der Waals surface area (Å²) in [6, 6.07) is 13.5. The van der Waals surface area contributed by atoms with E-state index in [9.17, 15) is 0 Å². The van der Waals surface area contributed by atoms with Crippen LogP contribution < -0.4 is 0 Å². The number of thioether (sulfide) groups is 1. The lowest BCUT2D eigenvalue weighted by Gasteiger charge is -2.18. The van der Waals surface area contributed by atoms with Gasteiger partial charge in [-0.15, -0.1) is 11.8 Å². The van der Waals surface area contributed by atoms with Crippen molar-refractivity contribution in [2.45, 2.75) is 25.7 Å². The van der Waals surface area contributed by atoms with Gasteiger partial charge in [-0.2, -0.15) is 0 Å². The lowest BCUT2D eigenvalue weighted by Crippen LogP contribution is -2.07. The first-order valence-corrected chi connectivity index (χ1v) is 10.8. The molecule has 128 valence electrons. The van der Waals surface area contributed by atoms with Crippen LogP contribution in [0, 0.1) is 0 Å². The number of fused-ring (bicyclic) bond motifs is 2. The zero-order valence-corrected chi connectivity index (χ0v) is 15.9. The Balaban J connectivity index is 1.10. The quantitative estimate of drug-likeness (QED) is 0.326. The molecular weight excluding hydrogens is 344 g/mol. The van der Waals surface area contributed by atoms with E-state index in [1.807, 2.05) is 0 Å². The van der Waals surface area contributed by atoms with Gasteiger partial charge in [-0.1, -0.05) is 48.6 Å². The molecule has 0 bridgehead atoms. The van der Waals surface area contributed by atoms with E-state index < -0.39 is 0 Å². The van der Waals surface area contributed by atoms with E-state index in [0.717, 1.165) is 5.75 Å². The fraction of sp³-hybridized carbons (Fsp3) is 0.273. The fourth-order valence-electron chi connectivity index (χ4n) is 3.14. The summed E-state index contributed by atoms with van der Waals surface area (Å²) >= 11 is 3.21. The maximum absolute atomic E-state index is 5.59. The van der Waals surface area contributed by atoms with Gasteiger partial charge in [-0.3, -0.25) is 0 Å². The standard InChI is InChI=1S/C22H22OS2/c1(2-17-3-5-19-7-9-21(19)14-17)12-25-23-16-24-13-11-18-4-6-20-8-10-22(20)15-18/h1-6,11,13-15H,7-10,12,16H2/b2-1-,13-11-. The first-order chi connectivity index (χ1) is 12.4. The highest BCUT2D eigenvalue weighted by Crippen LogP contribution is 2.25. The minimum Gasteiger partial charge on any atom is -0.304 e. The maximum Gasteiger partial charge on any atom is 0.111 e. The second-order valence-corrected chi connectivity index (χ2v) is 8.09. The molecular formula is C22H22OS2. The van der Waals surface area contributed by atoms with Crippen molar-refractivity contribution in [2.24, 2.45) is 0 Å². The van der Waals surface area contributed by atoms with Gasteiger partial charge in [0, 0.05) is 5.75 Å². The highest BCUT2D eigenvalue weighted by atomic mass is 32.2. The number of hydrogen-bond acceptors (Lipinski definition) is 3. The number of aryl methyl sites for hydroxylation is 4. The summed E-state index contributed by atoms with van der Waals surface area (Å²) in [5, 5.41) is 2.12. The Hall–Kier alpha value is -1.42. The van der Waals surface area contributed by atoms with E-state index in [-0.39, 0.29) is 0 Å². The molecule has 0 saturated carbocycles. The van der Waals surface area contributed by atoms with E-state index in [0.29, 0.717) is 5.94 Å². The molecule has 0 N–H and O–H groups in total. The third-order valence-electron chi connectivity index (χ3n) is 4.82. The Morgan fingerprint density at radius 3 is 2.04 bits per heavy atom. The third-order valence-corrected chi connectivity index (χ3v) is 6.16. The van der Waals surface area contributed by atoms with Crippen LogP contribution in [0.2, 0.25) is 0 Å². The normalized spacial score (nSPS) is 15.0. The molecule has 25 heavy (non-hydrogen) atoms. The van der Waals surface area contributed by atoms with Gasteiger partial charge in [0.25, 0.3) is 0 Å². The van der Waals surface area contributed by atoms with Crippen molar-refractivity contribution >= 4 is 36.0 Å².